The Bertz CT molecular complexity index is 561. The van der Waals surface area contributed by atoms with E-state index in [0.29, 0.717) is 0 Å². The fourth-order valence-corrected chi connectivity index (χ4v) is 1.67. The summed E-state index contributed by atoms with van der Waals surface area (Å²) in [5.41, 5.74) is 5.16. The second-order valence-corrected chi connectivity index (χ2v) is 4.39. The molecule has 1 atom stereocenters. The maximum atomic E-state index is 13.5. The highest BCUT2D eigenvalue weighted by atomic mass is 19.1. The number of nitrogens with two attached hydrogens (primary N) is 1. The molecule has 1 rings (SSSR count). The van der Waals surface area contributed by atoms with Gasteiger partial charge in [-0.2, -0.15) is 0 Å². The number of rotatable bonds is 7. The van der Waals surface area contributed by atoms with Crippen molar-refractivity contribution in [1.29, 1.82) is 0 Å². The van der Waals surface area contributed by atoms with E-state index in [4.69, 9.17) is 15.9 Å². The fraction of sp³-hybridized carbons (Fsp3) is 0.308. The average molecular weight is 298 g/mol. The van der Waals surface area contributed by atoms with Crippen molar-refractivity contribution in [3.63, 3.8) is 0 Å². The van der Waals surface area contributed by atoms with Gasteiger partial charge in [-0.15, -0.1) is 0 Å². The number of anilines is 1. The molecule has 114 valence electrons. The molecule has 0 aliphatic rings. The van der Waals surface area contributed by atoms with Crippen molar-refractivity contribution in [2.75, 3.05) is 5.73 Å². The van der Waals surface area contributed by atoms with Crippen molar-refractivity contribution in [3.05, 3.63) is 29.6 Å². The number of carbonyl (C=O) groups excluding carboxylic acids is 1. The van der Waals surface area contributed by atoms with Gasteiger partial charge in [-0.3, -0.25) is 9.59 Å². The van der Waals surface area contributed by atoms with Crippen LogP contribution in [0.25, 0.3) is 0 Å². The third-order valence-electron chi connectivity index (χ3n) is 2.72. The summed E-state index contributed by atoms with van der Waals surface area (Å²) < 4.78 is 13.5. The Morgan fingerprint density at radius 1 is 1.29 bits per heavy atom. The standard InChI is InChI=1S/C13H15FN2O5/c14-9-6-7(15)4-5-8(9)12(19)16-10(13(20)21)2-1-3-11(17)18/h4-6,10H,1-3,15H2,(H,16,19)(H,17,18)(H,20,21)/t10-/m1/s1. The smallest absolute Gasteiger partial charge is 0.326 e. The number of halogens is 1. The van der Waals surface area contributed by atoms with E-state index in [1.165, 1.54) is 6.07 Å². The molecule has 0 fully saturated rings. The second-order valence-electron chi connectivity index (χ2n) is 4.39. The van der Waals surface area contributed by atoms with Crippen molar-refractivity contribution in [2.45, 2.75) is 25.3 Å². The van der Waals surface area contributed by atoms with E-state index in [1.54, 1.807) is 0 Å². The zero-order valence-corrected chi connectivity index (χ0v) is 11.0. The van der Waals surface area contributed by atoms with Crippen LogP contribution in [-0.2, 0) is 9.59 Å². The molecule has 0 aliphatic heterocycles. The van der Waals surface area contributed by atoms with Gasteiger partial charge in [0.1, 0.15) is 11.9 Å². The lowest BCUT2D eigenvalue weighted by atomic mass is 10.1. The number of aliphatic carboxylic acids is 2. The highest BCUT2D eigenvalue weighted by molar-refractivity contribution is 5.97. The maximum Gasteiger partial charge on any atom is 0.326 e. The normalized spacial score (nSPS) is 11.7. The molecular weight excluding hydrogens is 283 g/mol. The monoisotopic (exact) mass is 298 g/mol. The Kier molecular flexibility index (Phi) is 5.65. The number of hydrogen-bond donors (Lipinski definition) is 4. The minimum atomic E-state index is -1.32. The predicted octanol–water partition coefficient (Wildman–Crippen LogP) is 0.846. The van der Waals surface area contributed by atoms with Gasteiger partial charge in [-0.25, -0.2) is 9.18 Å². The van der Waals surface area contributed by atoms with Crippen LogP contribution in [-0.4, -0.2) is 34.1 Å². The first kappa shape index (κ1) is 16.4. The van der Waals surface area contributed by atoms with E-state index in [-0.39, 0.29) is 30.5 Å². The highest BCUT2D eigenvalue weighted by Gasteiger charge is 2.22. The van der Waals surface area contributed by atoms with Gasteiger partial charge in [0.25, 0.3) is 5.91 Å². The van der Waals surface area contributed by atoms with Crippen molar-refractivity contribution in [1.82, 2.24) is 5.32 Å². The molecule has 21 heavy (non-hydrogen) atoms. The third-order valence-corrected chi connectivity index (χ3v) is 2.72. The lowest BCUT2D eigenvalue weighted by Gasteiger charge is -2.14. The fourth-order valence-electron chi connectivity index (χ4n) is 1.67. The number of amides is 1. The van der Waals surface area contributed by atoms with Gasteiger partial charge >= 0.3 is 11.9 Å². The lowest BCUT2D eigenvalue weighted by Crippen LogP contribution is -2.41. The van der Waals surface area contributed by atoms with Gasteiger partial charge in [0.2, 0.25) is 0 Å². The van der Waals surface area contributed by atoms with Gasteiger partial charge < -0.3 is 21.3 Å². The summed E-state index contributed by atoms with van der Waals surface area (Å²) in [6, 6.07) is 2.14. The maximum absolute atomic E-state index is 13.5. The summed E-state index contributed by atoms with van der Waals surface area (Å²) in [5, 5.41) is 19.6. The quantitative estimate of drug-likeness (QED) is 0.552. The number of hydrogen-bond acceptors (Lipinski definition) is 4. The first-order valence-corrected chi connectivity index (χ1v) is 6.11. The SMILES string of the molecule is Nc1ccc(C(=O)N[C@H](CCCC(=O)O)C(=O)O)c(F)c1. The molecule has 1 aromatic rings. The summed E-state index contributed by atoms with van der Waals surface area (Å²) in [5.74, 6) is -4.13. The number of nitrogen functional groups attached to an aromatic ring is 1. The van der Waals surface area contributed by atoms with E-state index >= 15 is 0 Å². The van der Waals surface area contributed by atoms with Crippen molar-refractivity contribution in [2.24, 2.45) is 0 Å². The van der Waals surface area contributed by atoms with E-state index in [1.807, 2.05) is 0 Å². The minimum absolute atomic E-state index is 0.0655. The molecular formula is C13H15FN2O5. The Balaban J connectivity index is 2.72. The molecule has 1 aromatic carbocycles. The first-order valence-electron chi connectivity index (χ1n) is 6.11. The van der Waals surface area contributed by atoms with Crippen LogP contribution in [0, 0.1) is 5.82 Å². The molecule has 0 unspecified atom stereocenters. The Labute approximate surface area is 119 Å². The molecule has 0 spiro atoms. The molecule has 0 radical (unpaired) electrons. The lowest BCUT2D eigenvalue weighted by molar-refractivity contribution is -0.140. The zero-order chi connectivity index (χ0) is 16.0. The largest absolute Gasteiger partial charge is 0.481 e. The summed E-state index contributed by atoms with van der Waals surface area (Å²) in [4.78, 5) is 33.2. The number of benzene rings is 1. The molecule has 0 bridgehead atoms. The third kappa shape index (κ3) is 5.09. The highest BCUT2D eigenvalue weighted by Crippen LogP contribution is 2.12. The van der Waals surface area contributed by atoms with Crippen LogP contribution in [0.2, 0.25) is 0 Å². The molecule has 1 amide bonds. The second kappa shape index (κ2) is 7.22. The van der Waals surface area contributed by atoms with Crippen LogP contribution in [0.15, 0.2) is 18.2 Å². The number of carboxylic acids is 2. The Morgan fingerprint density at radius 3 is 2.48 bits per heavy atom. The van der Waals surface area contributed by atoms with Crippen LogP contribution in [0.5, 0.6) is 0 Å². The van der Waals surface area contributed by atoms with Crippen molar-refractivity contribution < 1.29 is 29.0 Å². The van der Waals surface area contributed by atoms with E-state index < -0.39 is 29.7 Å². The van der Waals surface area contributed by atoms with Crippen LogP contribution in [0.1, 0.15) is 29.6 Å². The number of nitrogens with one attached hydrogen (secondary N) is 1. The molecule has 0 saturated carbocycles. The Morgan fingerprint density at radius 2 is 1.95 bits per heavy atom. The van der Waals surface area contributed by atoms with Gasteiger partial charge in [0.15, 0.2) is 0 Å². The number of carboxylic acid groups (broad SMARTS) is 2. The molecule has 7 nitrogen and oxygen atoms in total. The first-order chi connectivity index (χ1) is 9.81. The molecule has 0 aromatic heterocycles. The summed E-state index contributed by atoms with van der Waals surface area (Å²) in [6.07, 6.45) is -0.198. The van der Waals surface area contributed by atoms with Crippen LogP contribution >= 0.6 is 0 Å². The predicted molar refractivity (Wildman–Crippen MR) is 71.2 cm³/mol. The molecule has 0 aliphatic carbocycles. The summed E-state index contributed by atoms with van der Waals surface area (Å²) in [6.45, 7) is 0. The van der Waals surface area contributed by atoms with Crippen LogP contribution in [0.4, 0.5) is 10.1 Å². The summed E-state index contributed by atoms with van der Waals surface area (Å²) >= 11 is 0. The Hall–Kier alpha value is -2.64. The topological polar surface area (TPSA) is 130 Å². The van der Waals surface area contributed by atoms with Crippen molar-refractivity contribution >= 4 is 23.5 Å². The summed E-state index contributed by atoms with van der Waals surface area (Å²) in [7, 11) is 0. The zero-order valence-electron chi connectivity index (χ0n) is 11.0. The molecule has 0 saturated heterocycles. The minimum Gasteiger partial charge on any atom is -0.481 e. The van der Waals surface area contributed by atoms with E-state index in [0.717, 1.165) is 12.1 Å². The molecule has 0 heterocycles. The van der Waals surface area contributed by atoms with E-state index in [2.05, 4.69) is 5.32 Å². The van der Waals surface area contributed by atoms with Gasteiger partial charge in [-0.05, 0) is 31.0 Å². The average Bonchev–Trinajstić information content (AvgIpc) is 2.36. The van der Waals surface area contributed by atoms with Crippen LogP contribution < -0.4 is 11.1 Å². The molecule has 5 N–H and O–H groups in total. The van der Waals surface area contributed by atoms with Crippen molar-refractivity contribution in [3.8, 4) is 0 Å². The van der Waals surface area contributed by atoms with Gasteiger partial charge in [-0.1, -0.05) is 0 Å². The van der Waals surface area contributed by atoms with Gasteiger partial charge in [0, 0.05) is 12.1 Å². The van der Waals surface area contributed by atoms with E-state index in [9.17, 15) is 18.8 Å². The van der Waals surface area contributed by atoms with Crippen LogP contribution in [0.3, 0.4) is 0 Å². The number of carbonyl (C=O) groups is 3. The van der Waals surface area contributed by atoms with Gasteiger partial charge in [0.05, 0.1) is 5.56 Å². The molecule has 8 heteroatoms.